The number of ether oxygens (including phenoxy) is 2. The topological polar surface area (TPSA) is 71.1 Å². The maximum absolute atomic E-state index is 13.2. The van der Waals surface area contributed by atoms with E-state index in [1.165, 1.54) is 4.90 Å². The van der Waals surface area contributed by atoms with E-state index >= 15 is 0 Å². The highest BCUT2D eigenvalue weighted by atomic mass is 16.6. The molecule has 0 saturated carbocycles. The Morgan fingerprint density at radius 1 is 1.34 bits per heavy atom. The molecule has 0 unspecified atom stereocenters. The number of nitrogens with zero attached hydrogens (tertiary/aromatic N) is 2. The van der Waals surface area contributed by atoms with Gasteiger partial charge in [-0.1, -0.05) is 13.8 Å². The number of terminal acetylenes is 1. The van der Waals surface area contributed by atoms with Crippen molar-refractivity contribution in [1.82, 2.24) is 15.1 Å². The van der Waals surface area contributed by atoms with Gasteiger partial charge in [0.2, 0.25) is 5.91 Å². The molecule has 2 aliphatic rings. The van der Waals surface area contributed by atoms with E-state index in [4.69, 9.17) is 15.9 Å². The summed E-state index contributed by atoms with van der Waals surface area (Å²) in [4.78, 5) is 29.8. The van der Waals surface area contributed by atoms with Crippen LogP contribution in [-0.4, -0.2) is 78.4 Å². The zero-order valence-electron chi connectivity index (χ0n) is 18.6. The van der Waals surface area contributed by atoms with Crippen LogP contribution in [0, 0.1) is 18.3 Å². The predicted molar refractivity (Wildman–Crippen MR) is 112 cm³/mol. The van der Waals surface area contributed by atoms with E-state index in [1.807, 2.05) is 20.8 Å². The Morgan fingerprint density at radius 2 is 2.07 bits per heavy atom. The van der Waals surface area contributed by atoms with Crippen molar-refractivity contribution in [3.63, 3.8) is 0 Å². The zero-order valence-corrected chi connectivity index (χ0v) is 18.6. The first-order valence-corrected chi connectivity index (χ1v) is 10.6. The minimum Gasteiger partial charge on any atom is -0.444 e. The van der Waals surface area contributed by atoms with Crippen molar-refractivity contribution in [2.24, 2.45) is 5.92 Å². The second-order valence-corrected chi connectivity index (χ2v) is 9.50. The van der Waals surface area contributed by atoms with Gasteiger partial charge in [-0.2, -0.15) is 0 Å². The summed E-state index contributed by atoms with van der Waals surface area (Å²) in [6.07, 6.45) is 6.46. The van der Waals surface area contributed by atoms with Gasteiger partial charge >= 0.3 is 6.09 Å². The van der Waals surface area contributed by atoms with Crippen molar-refractivity contribution in [1.29, 1.82) is 0 Å². The summed E-state index contributed by atoms with van der Waals surface area (Å²) in [5.74, 6) is 2.96. The van der Waals surface area contributed by atoms with Crippen LogP contribution < -0.4 is 5.32 Å². The van der Waals surface area contributed by atoms with Crippen LogP contribution in [0.1, 0.15) is 53.9 Å². The van der Waals surface area contributed by atoms with E-state index in [0.29, 0.717) is 32.0 Å². The SMILES string of the molecule is C#CC[C@]1(C(=O)NC[C@@H]2CN(CC(C)C)CCO2)CCCN1C(=O)OC(C)(C)C. The van der Waals surface area contributed by atoms with Crippen LogP contribution in [0.15, 0.2) is 0 Å². The lowest BCUT2D eigenvalue weighted by Crippen LogP contribution is -2.59. The number of rotatable bonds is 6. The summed E-state index contributed by atoms with van der Waals surface area (Å²) in [5, 5.41) is 3.01. The van der Waals surface area contributed by atoms with E-state index in [9.17, 15) is 9.59 Å². The third-order valence-corrected chi connectivity index (χ3v) is 5.26. The Labute approximate surface area is 175 Å². The van der Waals surface area contributed by atoms with Crippen LogP contribution in [-0.2, 0) is 14.3 Å². The molecule has 0 aromatic rings. The number of hydrogen-bond acceptors (Lipinski definition) is 5. The normalized spacial score (nSPS) is 25.7. The molecule has 7 nitrogen and oxygen atoms in total. The van der Waals surface area contributed by atoms with E-state index in [-0.39, 0.29) is 18.4 Å². The molecule has 7 heteroatoms. The molecule has 164 valence electrons. The highest BCUT2D eigenvalue weighted by Crippen LogP contribution is 2.34. The number of amides is 2. The maximum Gasteiger partial charge on any atom is 0.411 e. The molecule has 0 aromatic carbocycles. The van der Waals surface area contributed by atoms with Gasteiger partial charge in [0.05, 0.1) is 12.7 Å². The largest absolute Gasteiger partial charge is 0.444 e. The molecule has 0 bridgehead atoms. The van der Waals surface area contributed by atoms with Crippen LogP contribution in [0.2, 0.25) is 0 Å². The Bertz CT molecular complexity index is 623. The first kappa shape index (κ1) is 23.5. The fourth-order valence-corrected chi connectivity index (χ4v) is 4.09. The molecule has 2 heterocycles. The van der Waals surface area contributed by atoms with Gasteiger partial charge in [0.15, 0.2) is 0 Å². The lowest BCUT2D eigenvalue weighted by atomic mass is 9.91. The number of nitrogens with one attached hydrogen (secondary N) is 1. The Balaban J connectivity index is 2.03. The first-order valence-electron chi connectivity index (χ1n) is 10.6. The molecule has 2 amide bonds. The lowest BCUT2D eigenvalue weighted by molar-refractivity contribution is -0.132. The Morgan fingerprint density at radius 3 is 2.69 bits per heavy atom. The van der Waals surface area contributed by atoms with Crippen molar-refractivity contribution in [2.45, 2.75) is 71.1 Å². The minimum absolute atomic E-state index is 0.0642. The maximum atomic E-state index is 13.2. The van der Waals surface area contributed by atoms with Crippen LogP contribution in [0.4, 0.5) is 4.79 Å². The smallest absolute Gasteiger partial charge is 0.411 e. The highest BCUT2D eigenvalue weighted by molar-refractivity contribution is 5.91. The van der Waals surface area contributed by atoms with Gasteiger partial charge in [-0.05, 0) is 39.5 Å². The number of carbonyl (C=O) groups excluding carboxylic acids is 2. The van der Waals surface area contributed by atoms with Crippen LogP contribution in [0.3, 0.4) is 0 Å². The fourth-order valence-electron chi connectivity index (χ4n) is 4.09. The Hall–Kier alpha value is -1.78. The third-order valence-electron chi connectivity index (χ3n) is 5.26. The summed E-state index contributed by atoms with van der Waals surface area (Å²) in [7, 11) is 0. The van der Waals surface area contributed by atoms with Crippen LogP contribution in [0.5, 0.6) is 0 Å². The van der Waals surface area contributed by atoms with E-state index in [0.717, 1.165) is 26.1 Å². The molecule has 0 spiro atoms. The zero-order chi connectivity index (χ0) is 21.7. The number of morpholine rings is 1. The Kier molecular flexibility index (Phi) is 7.95. The number of likely N-dealkylation sites (tertiary alicyclic amines) is 1. The molecule has 1 N–H and O–H groups in total. The predicted octanol–water partition coefficient (Wildman–Crippen LogP) is 2.25. The summed E-state index contributed by atoms with van der Waals surface area (Å²) in [6.45, 7) is 14.1. The molecule has 2 rings (SSSR count). The average molecular weight is 408 g/mol. The van der Waals surface area contributed by atoms with Crippen molar-refractivity contribution < 1.29 is 19.1 Å². The molecular weight excluding hydrogens is 370 g/mol. The molecule has 2 atom stereocenters. The summed E-state index contributed by atoms with van der Waals surface area (Å²) >= 11 is 0. The molecule has 2 aliphatic heterocycles. The second kappa shape index (κ2) is 9.82. The molecule has 0 aromatic heterocycles. The van der Waals surface area contributed by atoms with E-state index in [2.05, 4.69) is 30.0 Å². The van der Waals surface area contributed by atoms with Gasteiger partial charge in [-0.25, -0.2) is 4.79 Å². The second-order valence-electron chi connectivity index (χ2n) is 9.50. The molecule has 29 heavy (non-hydrogen) atoms. The van der Waals surface area contributed by atoms with Gasteiger partial charge in [0.25, 0.3) is 0 Å². The molecular formula is C22H37N3O4. The van der Waals surface area contributed by atoms with Crippen molar-refractivity contribution in [2.75, 3.05) is 39.3 Å². The van der Waals surface area contributed by atoms with Crippen molar-refractivity contribution in [3.05, 3.63) is 0 Å². The lowest BCUT2D eigenvalue weighted by Gasteiger charge is -2.38. The van der Waals surface area contributed by atoms with Crippen molar-refractivity contribution in [3.8, 4) is 12.3 Å². The minimum atomic E-state index is -1.05. The van der Waals surface area contributed by atoms with E-state index in [1.54, 1.807) is 0 Å². The molecule has 0 radical (unpaired) electrons. The standard InChI is InChI=1S/C22H37N3O4/c1-7-9-22(10-8-11-25(22)20(27)29-21(4,5)6)19(26)23-14-18-16-24(12-13-28-18)15-17(2)3/h1,17-18H,8-16H2,2-6H3,(H,23,26)/t18-,22-/m1/s1. The summed E-state index contributed by atoms with van der Waals surface area (Å²) in [6, 6.07) is 0. The summed E-state index contributed by atoms with van der Waals surface area (Å²) < 4.78 is 11.4. The van der Waals surface area contributed by atoms with Crippen molar-refractivity contribution >= 4 is 12.0 Å². The van der Waals surface area contributed by atoms with E-state index < -0.39 is 17.2 Å². The first-order chi connectivity index (χ1) is 13.6. The van der Waals surface area contributed by atoms with Crippen LogP contribution >= 0.6 is 0 Å². The number of carbonyl (C=O) groups is 2. The van der Waals surface area contributed by atoms with Gasteiger partial charge in [-0.15, -0.1) is 12.3 Å². The third kappa shape index (κ3) is 6.35. The monoisotopic (exact) mass is 407 g/mol. The van der Waals surface area contributed by atoms with Gasteiger partial charge < -0.3 is 14.8 Å². The van der Waals surface area contributed by atoms with Gasteiger partial charge in [-0.3, -0.25) is 14.6 Å². The molecule has 2 saturated heterocycles. The highest BCUT2D eigenvalue weighted by Gasteiger charge is 2.50. The summed E-state index contributed by atoms with van der Waals surface area (Å²) in [5.41, 5.74) is -1.68. The fraction of sp³-hybridized carbons (Fsp3) is 0.818. The van der Waals surface area contributed by atoms with Gasteiger partial charge in [0.1, 0.15) is 11.1 Å². The number of hydrogen-bond donors (Lipinski definition) is 1. The van der Waals surface area contributed by atoms with Gasteiger partial charge in [0, 0.05) is 39.1 Å². The molecule has 0 aliphatic carbocycles. The molecule has 2 fully saturated rings. The quantitative estimate of drug-likeness (QED) is 0.684. The average Bonchev–Trinajstić information content (AvgIpc) is 3.03. The van der Waals surface area contributed by atoms with Crippen LogP contribution in [0.25, 0.3) is 0 Å².